The summed E-state index contributed by atoms with van der Waals surface area (Å²) in [6.45, 7) is 2.29. The lowest BCUT2D eigenvalue weighted by atomic mass is 9.74. The zero-order valence-corrected chi connectivity index (χ0v) is 15.8. The van der Waals surface area contributed by atoms with E-state index in [1.807, 2.05) is 0 Å². The smallest absolute Gasteiger partial charge is 0.314 e. The zero-order chi connectivity index (χ0) is 18.8. The number of esters is 1. The summed E-state index contributed by atoms with van der Waals surface area (Å²) < 4.78 is 5.56. The molecule has 3 nitrogen and oxygen atoms in total. The maximum atomic E-state index is 12.6. The van der Waals surface area contributed by atoms with Crippen molar-refractivity contribution in [1.29, 1.82) is 5.26 Å². The summed E-state index contributed by atoms with van der Waals surface area (Å²) in [4.78, 5) is 12.6. The van der Waals surface area contributed by atoms with Crippen LogP contribution in [0.4, 0.5) is 0 Å². The molecule has 2 aliphatic rings. The fraction of sp³-hybridized carbons (Fsp3) is 0.417. The molecular formula is C24H25NO2. The molecule has 0 amide bonds. The molecule has 0 fully saturated rings. The first kappa shape index (κ1) is 17.8. The third kappa shape index (κ3) is 3.62. The highest BCUT2D eigenvalue weighted by Gasteiger charge is 2.29. The minimum absolute atomic E-state index is 0.0850. The standard InChI is InChI=1S/C24H25NO2/c1-2-16-5-11-22-18(13-16)6-7-19-14-20(8-12-23(19)22)24(26)27-21-9-3-17(15-25)4-10-21/h3-4,6-7,9-10,16,20H,2,5,8,11-14H2,1H3/t16-,20-/m0/s1. The second-order valence-corrected chi connectivity index (χ2v) is 7.85. The molecule has 0 unspecified atom stereocenters. The van der Waals surface area contributed by atoms with Crippen LogP contribution < -0.4 is 4.74 Å². The van der Waals surface area contributed by atoms with Crippen molar-refractivity contribution in [3.05, 3.63) is 64.2 Å². The number of ether oxygens (including phenoxy) is 1. The molecule has 0 N–H and O–H groups in total. The minimum Gasteiger partial charge on any atom is -0.426 e. The van der Waals surface area contributed by atoms with Gasteiger partial charge in [-0.05, 0) is 91.0 Å². The number of nitrogens with zero attached hydrogens (tertiary/aromatic N) is 1. The van der Waals surface area contributed by atoms with Gasteiger partial charge in [0.15, 0.2) is 0 Å². The second-order valence-electron chi connectivity index (χ2n) is 7.85. The van der Waals surface area contributed by atoms with Crippen LogP contribution in [0.1, 0.15) is 54.0 Å². The molecule has 0 heterocycles. The summed E-state index contributed by atoms with van der Waals surface area (Å²) in [5, 5.41) is 8.86. The summed E-state index contributed by atoms with van der Waals surface area (Å²) in [6, 6.07) is 13.3. The Morgan fingerprint density at radius 2 is 1.70 bits per heavy atom. The Morgan fingerprint density at radius 3 is 2.37 bits per heavy atom. The second kappa shape index (κ2) is 7.56. The van der Waals surface area contributed by atoms with E-state index in [1.54, 1.807) is 29.8 Å². The van der Waals surface area contributed by atoms with E-state index in [9.17, 15) is 4.79 Å². The number of benzene rings is 2. The van der Waals surface area contributed by atoms with E-state index in [1.165, 1.54) is 42.4 Å². The lowest BCUT2D eigenvalue weighted by Crippen LogP contribution is -2.28. The van der Waals surface area contributed by atoms with Gasteiger partial charge in [0.1, 0.15) is 5.75 Å². The molecule has 0 bridgehead atoms. The fourth-order valence-electron chi connectivity index (χ4n) is 4.59. The van der Waals surface area contributed by atoms with Crippen molar-refractivity contribution in [2.24, 2.45) is 11.8 Å². The molecule has 2 aromatic carbocycles. The zero-order valence-electron chi connectivity index (χ0n) is 15.8. The fourth-order valence-corrected chi connectivity index (χ4v) is 4.59. The Hall–Kier alpha value is -2.60. The average molecular weight is 359 g/mol. The van der Waals surface area contributed by atoms with Gasteiger partial charge in [-0.25, -0.2) is 0 Å². The van der Waals surface area contributed by atoms with Gasteiger partial charge in [0.25, 0.3) is 0 Å². The van der Waals surface area contributed by atoms with Crippen molar-refractivity contribution in [1.82, 2.24) is 0 Å². The van der Waals surface area contributed by atoms with Gasteiger partial charge in [0, 0.05) is 0 Å². The molecule has 0 aromatic heterocycles. The first-order valence-corrected chi connectivity index (χ1v) is 10.0. The third-order valence-electron chi connectivity index (χ3n) is 6.26. The van der Waals surface area contributed by atoms with Crippen LogP contribution in [0, 0.1) is 23.2 Å². The van der Waals surface area contributed by atoms with Crippen LogP contribution in [-0.2, 0) is 30.5 Å². The average Bonchev–Trinajstić information content (AvgIpc) is 2.73. The Bertz CT molecular complexity index is 892. The highest BCUT2D eigenvalue weighted by Crippen LogP contribution is 2.36. The van der Waals surface area contributed by atoms with Crippen molar-refractivity contribution in [3.8, 4) is 11.8 Å². The number of fused-ring (bicyclic) bond motifs is 3. The van der Waals surface area contributed by atoms with Gasteiger partial charge in [-0.15, -0.1) is 0 Å². The molecule has 138 valence electrons. The number of hydrogen-bond acceptors (Lipinski definition) is 3. The van der Waals surface area contributed by atoms with Crippen LogP contribution in [0.25, 0.3) is 0 Å². The van der Waals surface area contributed by atoms with Gasteiger partial charge in [-0.2, -0.15) is 5.26 Å². The van der Waals surface area contributed by atoms with Crippen LogP contribution in [0.15, 0.2) is 36.4 Å². The largest absolute Gasteiger partial charge is 0.426 e. The Balaban J connectivity index is 1.47. The molecule has 0 saturated heterocycles. The van der Waals surface area contributed by atoms with Crippen molar-refractivity contribution < 1.29 is 9.53 Å². The summed E-state index contributed by atoms with van der Waals surface area (Å²) in [6.07, 6.45) is 7.57. The Kier molecular flexibility index (Phi) is 4.99. The normalized spacial score (nSPS) is 20.9. The lowest BCUT2D eigenvalue weighted by molar-refractivity contribution is -0.139. The van der Waals surface area contributed by atoms with Gasteiger partial charge >= 0.3 is 5.97 Å². The van der Waals surface area contributed by atoms with Crippen LogP contribution in [0.5, 0.6) is 5.75 Å². The third-order valence-corrected chi connectivity index (χ3v) is 6.26. The van der Waals surface area contributed by atoms with E-state index in [2.05, 4.69) is 25.1 Å². The molecule has 27 heavy (non-hydrogen) atoms. The number of rotatable bonds is 3. The van der Waals surface area contributed by atoms with Crippen LogP contribution in [0.3, 0.4) is 0 Å². The van der Waals surface area contributed by atoms with E-state index in [0.29, 0.717) is 11.3 Å². The molecule has 0 radical (unpaired) electrons. The molecule has 0 spiro atoms. The van der Waals surface area contributed by atoms with Crippen LogP contribution in [-0.4, -0.2) is 5.97 Å². The lowest BCUT2D eigenvalue weighted by Gasteiger charge is -2.31. The van der Waals surface area contributed by atoms with Gasteiger partial charge in [-0.3, -0.25) is 4.79 Å². The topological polar surface area (TPSA) is 50.1 Å². The van der Waals surface area contributed by atoms with Crippen molar-refractivity contribution in [3.63, 3.8) is 0 Å². The van der Waals surface area contributed by atoms with E-state index < -0.39 is 0 Å². The Labute approximate surface area is 161 Å². The van der Waals surface area contributed by atoms with E-state index in [-0.39, 0.29) is 11.9 Å². The summed E-state index contributed by atoms with van der Waals surface area (Å²) in [5.41, 5.74) is 6.50. The van der Waals surface area contributed by atoms with Gasteiger partial charge in [0.05, 0.1) is 17.6 Å². The van der Waals surface area contributed by atoms with E-state index >= 15 is 0 Å². The van der Waals surface area contributed by atoms with Gasteiger partial charge in [-0.1, -0.05) is 25.5 Å². The molecule has 3 heteroatoms. The number of carbonyl (C=O) groups is 1. The number of hydrogen-bond donors (Lipinski definition) is 0. The molecule has 2 atom stereocenters. The van der Waals surface area contributed by atoms with Gasteiger partial charge in [0.2, 0.25) is 0 Å². The quantitative estimate of drug-likeness (QED) is 0.585. The molecular weight excluding hydrogens is 334 g/mol. The summed E-state index contributed by atoms with van der Waals surface area (Å²) in [7, 11) is 0. The van der Waals surface area contributed by atoms with Crippen molar-refractivity contribution >= 4 is 5.97 Å². The minimum atomic E-state index is -0.158. The first-order chi connectivity index (χ1) is 13.2. The molecule has 0 aliphatic heterocycles. The predicted molar refractivity (Wildman–Crippen MR) is 105 cm³/mol. The van der Waals surface area contributed by atoms with Crippen LogP contribution in [0.2, 0.25) is 0 Å². The predicted octanol–water partition coefficient (Wildman–Crippen LogP) is 4.78. The number of nitriles is 1. The Morgan fingerprint density at radius 1 is 1.04 bits per heavy atom. The highest BCUT2D eigenvalue weighted by atomic mass is 16.5. The maximum Gasteiger partial charge on any atom is 0.314 e. The SMILES string of the molecule is CC[C@H]1CCc2c(ccc3c2CC[C@H](C(=O)Oc2ccc(C#N)cc2)C3)C1. The number of carbonyl (C=O) groups excluding carboxylic acids is 1. The summed E-state index contributed by atoms with van der Waals surface area (Å²) >= 11 is 0. The van der Waals surface area contributed by atoms with Crippen molar-refractivity contribution in [2.75, 3.05) is 0 Å². The van der Waals surface area contributed by atoms with E-state index in [4.69, 9.17) is 10.00 Å². The van der Waals surface area contributed by atoms with E-state index in [0.717, 1.165) is 25.2 Å². The van der Waals surface area contributed by atoms with Gasteiger partial charge < -0.3 is 4.74 Å². The maximum absolute atomic E-state index is 12.6. The first-order valence-electron chi connectivity index (χ1n) is 10.0. The molecule has 2 aromatic rings. The van der Waals surface area contributed by atoms with Crippen molar-refractivity contribution in [2.45, 2.75) is 51.9 Å². The highest BCUT2D eigenvalue weighted by molar-refractivity contribution is 5.76. The van der Waals surface area contributed by atoms with Crippen LogP contribution >= 0.6 is 0 Å². The molecule has 4 rings (SSSR count). The summed E-state index contributed by atoms with van der Waals surface area (Å²) in [5.74, 6) is 1.10. The monoisotopic (exact) mass is 359 g/mol. The molecule has 0 saturated carbocycles. The molecule has 2 aliphatic carbocycles.